The third-order valence-corrected chi connectivity index (χ3v) is 7.64. The number of nitrogens with zero attached hydrogens (tertiary/aromatic N) is 1. The summed E-state index contributed by atoms with van der Waals surface area (Å²) in [6, 6.07) is 0. The molecule has 3 aliphatic rings. The number of aromatic nitrogens is 2. The van der Waals surface area contributed by atoms with Crippen molar-refractivity contribution in [2.24, 2.45) is 5.41 Å². The fraction of sp³-hybridized carbons (Fsp3) is 0.517. The number of nitrogens with one attached hydrogen (secondary N) is 3. The lowest BCUT2D eigenvalue weighted by atomic mass is 9.75. The second kappa shape index (κ2) is 10.6. The molecule has 6 N–H and O–H groups in total. The van der Waals surface area contributed by atoms with Gasteiger partial charge in [-0.1, -0.05) is 50.3 Å². The van der Waals surface area contributed by atoms with Gasteiger partial charge in [0.25, 0.3) is 5.91 Å². The Hall–Kier alpha value is -2.98. The zero-order chi connectivity index (χ0) is 27.6. The van der Waals surface area contributed by atoms with E-state index in [0.717, 1.165) is 30.4 Å². The molecule has 1 aromatic heterocycles. The molecule has 1 aliphatic carbocycles. The second-order valence-electron chi connectivity index (χ2n) is 11.4. The van der Waals surface area contributed by atoms with E-state index in [4.69, 9.17) is 4.74 Å². The maximum Gasteiger partial charge on any atom is 0.291 e. The molecule has 0 radical (unpaired) electrons. The van der Waals surface area contributed by atoms with Gasteiger partial charge in [0.15, 0.2) is 5.82 Å². The first-order chi connectivity index (χ1) is 18.0. The second-order valence-corrected chi connectivity index (χ2v) is 11.4. The lowest BCUT2D eigenvalue weighted by molar-refractivity contribution is -0.204. The molecule has 1 aromatic rings. The molecule has 0 unspecified atom stereocenters. The van der Waals surface area contributed by atoms with Gasteiger partial charge in [0.1, 0.15) is 17.0 Å². The topological polar surface area (TPSA) is 140 Å². The number of hydrogen-bond acceptors (Lipinski definition) is 7. The predicted octanol–water partition coefficient (Wildman–Crippen LogP) is 3.28. The third-order valence-electron chi connectivity index (χ3n) is 7.64. The van der Waals surface area contributed by atoms with Gasteiger partial charge in [-0.3, -0.25) is 4.79 Å². The van der Waals surface area contributed by atoms with E-state index in [1.54, 1.807) is 31.5 Å². The van der Waals surface area contributed by atoms with E-state index in [1.165, 1.54) is 0 Å². The van der Waals surface area contributed by atoms with Crippen LogP contribution in [0.3, 0.4) is 0 Å². The summed E-state index contributed by atoms with van der Waals surface area (Å²) in [5.41, 5.74) is -0.803. The number of aliphatic hydroxyl groups is 3. The Bertz CT molecular complexity index is 1190. The van der Waals surface area contributed by atoms with Gasteiger partial charge in [-0.05, 0) is 43.3 Å². The Balaban J connectivity index is 1.73. The van der Waals surface area contributed by atoms with Crippen LogP contribution in [0.4, 0.5) is 5.82 Å². The standard InChI is InChI=1S/C29H40N4O5/c1-5-6-22(32-25(36)24-31-15-23(30-4)33-24)21(20-7-10-26(2,3)11-8-20)9-12-27(37)16-28(18-34)13-14-29(17-27,19-35)38-28/h5-7,9,12-15,30,34-35,37H,8,10-11,16-19H2,1-4H3,(H,31,33)(H,32,36)/b6-5-,12-9+,22-21-/t27-,28+,29-. The molecule has 38 heavy (non-hydrogen) atoms. The minimum atomic E-state index is -1.35. The number of aliphatic hydroxyl groups excluding tert-OH is 2. The van der Waals surface area contributed by atoms with Crippen molar-refractivity contribution >= 4 is 11.7 Å². The number of imidazole rings is 1. The first kappa shape index (κ1) is 28.0. The van der Waals surface area contributed by atoms with Gasteiger partial charge in [-0.2, -0.15) is 0 Å². The van der Waals surface area contributed by atoms with Crippen molar-refractivity contribution in [3.05, 3.63) is 71.4 Å². The van der Waals surface area contributed by atoms with Crippen molar-refractivity contribution in [2.45, 2.75) is 69.7 Å². The summed E-state index contributed by atoms with van der Waals surface area (Å²) in [4.78, 5) is 20.2. The van der Waals surface area contributed by atoms with Crippen molar-refractivity contribution in [1.82, 2.24) is 15.3 Å². The van der Waals surface area contributed by atoms with E-state index in [0.29, 0.717) is 11.5 Å². The molecule has 1 saturated heterocycles. The average Bonchev–Trinajstić information content (AvgIpc) is 3.48. The van der Waals surface area contributed by atoms with E-state index in [-0.39, 0.29) is 43.2 Å². The van der Waals surface area contributed by atoms with Crippen LogP contribution in [0.5, 0.6) is 0 Å². The van der Waals surface area contributed by atoms with Crippen molar-refractivity contribution in [3.8, 4) is 0 Å². The fourth-order valence-electron chi connectivity index (χ4n) is 5.51. The molecule has 0 aromatic carbocycles. The zero-order valence-corrected chi connectivity index (χ0v) is 22.7. The summed E-state index contributed by atoms with van der Waals surface area (Å²) < 4.78 is 6.00. The highest BCUT2D eigenvalue weighted by atomic mass is 16.6. The van der Waals surface area contributed by atoms with E-state index in [2.05, 4.69) is 40.5 Å². The first-order valence-corrected chi connectivity index (χ1v) is 13.1. The van der Waals surface area contributed by atoms with Crippen LogP contribution < -0.4 is 10.6 Å². The van der Waals surface area contributed by atoms with Gasteiger partial charge in [-0.25, -0.2) is 4.98 Å². The SMILES string of the molecule is C\C=C/C(NC(=O)c1nc(NC)c[nH]1)=C(\C=C\[C@]1(O)C[C@@]2(CO)C=C[C@@](CO)(C1)O2)C1=CCC(C)(C)CC1. The molecule has 4 rings (SSSR count). The third kappa shape index (κ3) is 5.86. The van der Waals surface area contributed by atoms with Crippen molar-refractivity contribution in [3.63, 3.8) is 0 Å². The number of fused-ring (bicyclic) bond motifs is 2. The minimum Gasteiger partial charge on any atom is -0.393 e. The number of allylic oxidation sites excluding steroid dienone is 6. The Labute approximate surface area is 224 Å². The Morgan fingerprint density at radius 1 is 1.18 bits per heavy atom. The molecule has 1 amide bonds. The number of anilines is 1. The quantitative estimate of drug-likeness (QED) is 0.215. The Morgan fingerprint density at radius 2 is 1.87 bits per heavy atom. The van der Waals surface area contributed by atoms with E-state index >= 15 is 0 Å². The molecular formula is C29H40N4O5. The van der Waals surface area contributed by atoms with E-state index in [1.807, 2.05) is 25.2 Å². The van der Waals surface area contributed by atoms with E-state index < -0.39 is 16.8 Å². The lowest BCUT2D eigenvalue weighted by Gasteiger charge is -2.46. The highest BCUT2D eigenvalue weighted by Crippen LogP contribution is 2.48. The maximum absolute atomic E-state index is 13.1. The van der Waals surface area contributed by atoms with Gasteiger partial charge in [0.2, 0.25) is 0 Å². The van der Waals surface area contributed by atoms with Crippen molar-refractivity contribution in [1.29, 1.82) is 0 Å². The van der Waals surface area contributed by atoms with Gasteiger partial charge in [0.05, 0.1) is 18.8 Å². The lowest BCUT2D eigenvalue weighted by Crippen LogP contribution is -2.55. The largest absolute Gasteiger partial charge is 0.393 e. The summed E-state index contributed by atoms with van der Waals surface area (Å²) in [6.45, 7) is 5.74. The molecule has 2 bridgehead atoms. The number of carbonyl (C=O) groups is 1. The normalized spacial score (nSPS) is 31.0. The smallest absolute Gasteiger partial charge is 0.291 e. The van der Waals surface area contributed by atoms with Crippen LogP contribution in [-0.2, 0) is 4.74 Å². The van der Waals surface area contributed by atoms with Crippen LogP contribution >= 0.6 is 0 Å². The monoisotopic (exact) mass is 524 g/mol. The van der Waals surface area contributed by atoms with Gasteiger partial charge >= 0.3 is 0 Å². The molecule has 9 nitrogen and oxygen atoms in total. The van der Waals surface area contributed by atoms with Crippen molar-refractivity contribution < 1.29 is 24.9 Å². The van der Waals surface area contributed by atoms with Gasteiger partial charge < -0.3 is 35.7 Å². The number of ether oxygens (including phenoxy) is 1. The molecule has 0 saturated carbocycles. The van der Waals surface area contributed by atoms with Crippen LogP contribution in [-0.4, -0.2) is 68.3 Å². The Kier molecular flexibility index (Phi) is 7.86. The summed E-state index contributed by atoms with van der Waals surface area (Å²) in [7, 11) is 1.73. The number of hydrogen-bond donors (Lipinski definition) is 6. The molecule has 1 fully saturated rings. The summed E-state index contributed by atoms with van der Waals surface area (Å²) >= 11 is 0. The molecule has 3 atom stereocenters. The average molecular weight is 525 g/mol. The summed E-state index contributed by atoms with van der Waals surface area (Å²) in [5, 5.41) is 37.7. The molecule has 206 valence electrons. The first-order valence-electron chi connectivity index (χ1n) is 13.1. The summed E-state index contributed by atoms with van der Waals surface area (Å²) in [6.07, 6.45) is 17.6. The zero-order valence-electron chi connectivity index (χ0n) is 22.7. The molecular weight excluding hydrogens is 484 g/mol. The number of aromatic amines is 1. The maximum atomic E-state index is 13.1. The van der Waals surface area contributed by atoms with Crippen LogP contribution in [0, 0.1) is 5.41 Å². The predicted molar refractivity (Wildman–Crippen MR) is 146 cm³/mol. The van der Waals surface area contributed by atoms with Gasteiger partial charge in [-0.15, -0.1) is 0 Å². The Morgan fingerprint density at radius 3 is 2.39 bits per heavy atom. The number of H-pyrrole nitrogens is 1. The molecule has 2 aliphatic heterocycles. The van der Waals surface area contributed by atoms with Crippen LogP contribution in [0.2, 0.25) is 0 Å². The molecule has 3 heterocycles. The highest BCUT2D eigenvalue weighted by Gasteiger charge is 2.56. The molecule has 9 heteroatoms. The summed E-state index contributed by atoms with van der Waals surface area (Å²) in [5.74, 6) is 0.358. The molecule has 0 spiro atoms. The van der Waals surface area contributed by atoms with E-state index in [9.17, 15) is 20.1 Å². The van der Waals surface area contributed by atoms with Crippen LogP contribution in [0.15, 0.2) is 65.6 Å². The fourth-order valence-corrected chi connectivity index (χ4v) is 5.51. The van der Waals surface area contributed by atoms with Gasteiger partial charge in [0, 0.05) is 37.4 Å². The van der Waals surface area contributed by atoms with Crippen molar-refractivity contribution in [2.75, 3.05) is 25.6 Å². The highest BCUT2D eigenvalue weighted by molar-refractivity contribution is 5.92. The minimum absolute atomic E-state index is 0.148. The van der Waals surface area contributed by atoms with Crippen LogP contribution in [0.1, 0.15) is 63.5 Å². The number of amides is 1. The number of carbonyl (C=O) groups excluding carboxylic acids is 1. The number of rotatable bonds is 9. The van der Waals surface area contributed by atoms with Crippen LogP contribution in [0.25, 0.3) is 0 Å².